The molecule has 2 heterocycles. The lowest BCUT2D eigenvalue weighted by atomic mass is 9.97. The van der Waals surface area contributed by atoms with E-state index in [1.54, 1.807) is 6.20 Å². The van der Waals surface area contributed by atoms with Crippen LogP contribution in [0.3, 0.4) is 0 Å². The number of amides is 1. The molecule has 0 bridgehead atoms. The molecular formula is C21H30Cl2N4O. The van der Waals surface area contributed by atoms with Crippen LogP contribution in [0.1, 0.15) is 23.2 Å². The van der Waals surface area contributed by atoms with Gasteiger partial charge in [0.1, 0.15) is 0 Å². The maximum absolute atomic E-state index is 12.9. The van der Waals surface area contributed by atoms with Crippen LogP contribution < -0.4 is 10.2 Å². The fourth-order valence-corrected chi connectivity index (χ4v) is 3.55. The summed E-state index contributed by atoms with van der Waals surface area (Å²) in [6, 6.07) is 10.3. The van der Waals surface area contributed by atoms with Gasteiger partial charge in [-0.25, -0.2) is 0 Å². The largest absolute Gasteiger partial charge is 0.378 e. The Morgan fingerprint density at radius 1 is 1.18 bits per heavy atom. The predicted molar refractivity (Wildman–Crippen MR) is 121 cm³/mol. The number of carbonyl (C=O) groups is 1. The van der Waals surface area contributed by atoms with Crippen LogP contribution >= 0.6 is 24.8 Å². The van der Waals surface area contributed by atoms with E-state index in [4.69, 9.17) is 0 Å². The van der Waals surface area contributed by atoms with Gasteiger partial charge in [0.2, 0.25) is 0 Å². The van der Waals surface area contributed by atoms with Gasteiger partial charge in [-0.15, -0.1) is 24.8 Å². The molecule has 1 aliphatic rings. The molecule has 1 fully saturated rings. The molecule has 1 aromatic heterocycles. The smallest absolute Gasteiger partial charge is 0.255 e. The minimum absolute atomic E-state index is 0. The van der Waals surface area contributed by atoms with Crippen molar-refractivity contribution in [2.75, 3.05) is 45.7 Å². The summed E-state index contributed by atoms with van der Waals surface area (Å²) >= 11 is 0. The first-order valence-corrected chi connectivity index (χ1v) is 9.25. The number of pyridine rings is 1. The SMILES string of the molecule is CNCC1CCCN(C(=O)c2cncc(-c3ccc(N(C)C)cc3)c2)C1.Cl.Cl. The Kier molecular flexibility index (Phi) is 9.73. The standard InChI is InChI=1S/C21H28N4O.2ClH/c1-22-12-16-5-4-10-25(15-16)21(26)19-11-18(13-23-14-19)17-6-8-20(9-7-17)24(2)3;;/h6-9,11,13-14,16,22H,4-5,10,12,15H2,1-3H3;2*1H. The third kappa shape index (κ3) is 5.84. The first-order valence-electron chi connectivity index (χ1n) is 9.25. The number of nitrogens with zero attached hydrogens (tertiary/aromatic N) is 3. The molecule has 0 saturated carbocycles. The summed E-state index contributed by atoms with van der Waals surface area (Å²) in [5, 5.41) is 3.23. The van der Waals surface area contributed by atoms with E-state index in [1.807, 2.05) is 38.3 Å². The highest BCUT2D eigenvalue weighted by molar-refractivity contribution is 5.95. The predicted octanol–water partition coefficient (Wildman–Crippen LogP) is 3.73. The Morgan fingerprint density at radius 3 is 2.54 bits per heavy atom. The molecule has 0 aliphatic carbocycles. The van der Waals surface area contributed by atoms with Gasteiger partial charge in [0.05, 0.1) is 5.56 Å². The summed E-state index contributed by atoms with van der Waals surface area (Å²) < 4.78 is 0. The van der Waals surface area contributed by atoms with Crippen molar-refractivity contribution in [1.82, 2.24) is 15.2 Å². The van der Waals surface area contributed by atoms with E-state index in [1.165, 1.54) is 6.42 Å². The van der Waals surface area contributed by atoms with E-state index in [2.05, 4.69) is 39.5 Å². The van der Waals surface area contributed by atoms with Crippen molar-refractivity contribution >= 4 is 36.4 Å². The topological polar surface area (TPSA) is 48.5 Å². The van der Waals surface area contributed by atoms with Crippen molar-refractivity contribution in [1.29, 1.82) is 0 Å². The lowest BCUT2D eigenvalue weighted by molar-refractivity contribution is 0.0674. The van der Waals surface area contributed by atoms with Gasteiger partial charge >= 0.3 is 0 Å². The Balaban J connectivity index is 0.00000196. The number of hydrogen-bond acceptors (Lipinski definition) is 4. The van der Waals surface area contributed by atoms with Crippen molar-refractivity contribution in [3.05, 3.63) is 48.3 Å². The molecule has 1 unspecified atom stereocenters. The van der Waals surface area contributed by atoms with Crippen molar-refractivity contribution in [3.8, 4) is 11.1 Å². The van der Waals surface area contributed by atoms with E-state index in [0.717, 1.165) is 42.9 Å². The second-order valence-electron chi connectivity index (χ2n) is 7.22. The molecule has 3 rings (SSSR count). The van der Waals surface area contributed by atoms with Gasteiger partial charge in [-0.1, -0.05) is 12.1 Å². The van der Waals surface area contributed by atoms with Crippen LogP contribution in [0.15, 0.2) is 42.7 Å². The van der Waals surface area contributed by atoms with Crippen LogP contribution in [-0.2, 0) is 0 Å². The summed E-state index contributed by atoms with van der Waals surface area (Å²) in [4.78, 5) is 21.3. The first-order chi connectivity index (χ1) is 12.6. The van der Waals surface area contributed by atoms with Crippen molar-refractivity contribution in [2.45, 2.75) is 12.8 Å². The van der Waals surface area contributed by atoms with Crippen LogP contribution in [0.5, 0.6) is 0 Å². The molecular weight excluding hydrogens is 395 g/mol. The highest BCUT2D eigenvalue weighted by Gasteiger charge is 2.24. The molecule has 1 saturated heterocycles. The minimum atomic E-state index is 0. The highest BCUT2D eigenvalue weighted by Crippen LogP contribution is 2.24. The van der Waals surface area contributed by atoms with Gasteiger partial charge in [0.15, 0.2) is 0 Å². The summed E-state index contributed by atoms with van der Waals surface area (Å²) in [6.07, 6.45) is 5.75. The van der Waals surface area contributed by atoms with Crippen LogP contribution in [0.2, 0.25) is 0 Å². The Bertz CT molecular complexity index is 750. The van der Waals surface area contributed by atoms with Crippen molar-refractivity contribution < 1.29 is 4.79 Å². The molecule has 28 heavy (non-hydrogen) atoms. The normalized spacial score (nSPS) is 16.0. The van der Waals surface area contributed by atoms with Gasteiger partial charge in [-0.3, -0.25) is 9.78 Å². The first kappa shape index (κ1) is 24.2. The van der Waals surface area contributed by atoms with Crippen molar-refractivity contribution in [3.63, 3.8) is 0 Å². The third-order valence-electron chi connectivity index (χ3n) is 5.00. The number of anilines is 1. The monoisotopic (exact) mass is 424 g/mol. The Morgan fingerprint density at radius 2 is 1.89 bits per heavy atom. The molecule has 1 atom stereocenters. The third-order valence-corrected chi connectivity index (χ3v) is 5.00. The lowest BCUT2D eigenvalue weighted by Crippen LogP contribution is -2.42. The van der Waals surface area contributed by atoms with Crippen LogP contribution in [-0.4, -0.2) is 56.6 Å². The zero-order valence-electron chi connectivity index (χ0n) is 16.7. The fourth-order valence-electron chi connectivity index (χ4n) is 3.55. The summed E-state index contributed by atoms with van der Waals surface area (Å²) in [5.41, 5.74) is 3.87. The highest BCUT2D eigenvalue weighted by atomic mass is 35.5. The van der Waals surface area contributed by atoms with E-state index >= 15 is 0 Å². The molecule has 1 N–H and O–H groups in total. The van der Waals surface area contributed by atoms with Crippen LogP contribution in [0.4, 0.5) is 5.69 Å². The van der Waals surface area contributed by atoms with E-state index < -0.39 is 0 Å². The van der Waals surface area contributed by atoms with E-state index in [9.17, 15) is 4.79 Å². The lowest BCUT2D eigenvalue weighted by Gasteiger charge is -2.32. The van der Waals surface area contributed by atoms with Crippen LogP contribution in [0.25, 0.3) is 11.1 Å². The van der Waals surface area contributed by atoms with Crippen LogP contribution in [0, 0.1) is 5.92 Å². The van der Waals surface area contributed by atoms with Gasteiger partial charge in [-0.2, -0.15) is 0 Å². The Hall–Kier alpha value is -1.82. The quantitative estimate of drug-likeness (QED) is 0.793. The van der Waals surface area contributed by atoms with Gasteiger partial charge in [0.25, 0.3) is 5.91 Å². The molecule has 1 aliphatic heterocycles. The molecule has 1 aromatic carbocycles. The number of aromatic nitrogens is 1. The number of carbonyl (C=O) groups excluding carboxylic acids is 1. The molecule has 1 amide bonds. The fraction of sp³-hybridized carbons (Fsp3) is 0.429. The molecule has 154 valence electrons. The van der Waals surface area contributed by atoms with E-state index in [-0.39, 0.29) is 30.7 Å². The second-order valence-corrected chi connectivity index (χ2v) is 7.22. The maximum Gasteiger partial charge on any atom is 0.255 e. The molecule has 7 heteroatoms. The number of benzene rings is 1. The van der Waals surface area contributed by atoms with Gasteiger partial charge in [-0.05, 0) is 56.1 Å². The van der Waals surface area contributed by atoms with Gasteiger partial charge < -0.3 is 15.1 Å². The number of likely N-dealkylation sites (tertiary alicyclic amines) is 1. The molecule has 0 spiro atoms. The minimum Gasteiger partial charge on any atom is -0.378 e. The maximum atomic E-state index is 12.9. The Labute approximate surface area is 180 Å². The number of piperidine rings is 1. The number of halogens is 2. The zero-order valence-corrected chi connectivity index (χ0v) is 18.4. The molecule has 5 nitrogen and oxygen atoms in total. The summed E-state index contributed by atoms with van der Waals surface area (Å²) in [7, 11) is 6.02. The second kappa shape index (κ2) is 11.2. The van der Waals surface area contributed by atoms with Gasteiger partial charge in [0, 0.05) is 50.8 Å². The van der Waals surface area contributed by atoms with E-state index in [0.29, 0.717) is 11.5 Å². The average Bonchev–Trinajstić information content (AvgIpc) is 2.68. The summed E-state index contributed by atoms with van der Waals surface area (Å²) in [5.74, 6) is 0.623. The van der Waals surface area contributed by atoms with Crippen molar-refractivity contribution in [2.24, 2.45) is 5.92 Å². The number of rotatable bonds is 5. The molecule has 2 aromatic rings. The average molecular weight is 425 g/mol. The number of nitrogens with one attached hydrogen (secondary N) is 1. The number of hydrogen-bond donors (Lipinski definition) is 1. The summed E-state index contributed by atoms with van der Waals surface area (Å²) in [6.45, 7) is 2.61. The zero-order chi connectivity index (χ0) is 18.5. The molecule has 0 radical (unpaired) electrons.